The Kier molecular flexibility index (Phi) is 24.7. The van der Waals surface area contributed by atoms with Crippen LogP contribution < -0.4 is 0 Å². The predicted molar refractivity (Wildman–Crippen MR) is 140 cm³/mol. The molecule has 0 fully saturated rings. The molecule has 0 spiro atoms. The summed E-state index contributed by atoms with van der Waals surface area (Å²) in [6.45, 7) is 2.26. The van der Waals surface area contributed by atoms with Gasteiger partial charge < -0.3 is 10.2 Å². The quantitative estimate of drug-likeness (QED) is 0.118. The van der Waals surface area contributed by atoms with Crippen molar-refractivity contribution in [2.45, 2.75) is 167 Å². The molecule has 1 atom stereocenters. The van der Waals surface area contributed by atoms with Crippen molar-refractivity contribution in [3.8, 4) is 0 Å². The van der Waals surface area contributed by atoms with E-state index < -0.39 is 11.9 Å². The Hall–Kier alpha value is -1.06. The minimum atomic E-state index is -0.678. The molecule has 0 aliphatic rings. The maximum atomic E-state index is 11.5. The van der Waals surface area contributed by atoms with Crippen molar-refractivity contribution in [1.82, 2.24) is 0 Å². The van der Waals surface area contributed by atoms with Crippen LogP contribution in [0, 0.1) is 5.92 Å². The zero-order valence-corrected chi connectivity index (χ0v) is 22.0. The van der Waals surface area contributed by atoms with Gasteiger partial charge >= 0.3 is 11.9 Å². The van der Waals surface area contributed by atoms with Crippen LogP contribution in [0.2, 0.25) is 0 Å². The van der Waals surface area contributed by atoms with Crippen LogP contribution >= 0.6 is 0 Å². The van der Waals surface area contributed by atoms with Gasteiger partial charge in [-0.25, -0.2) is 0 Å². The number of unbranched alkanes of at least 4 members (excludes halogenated alkanes) is 20. The lowest BCUT2D eigenvalue weighted by molar-refractivity contribution is -0.142. The molecule has 0 saturated carbocycles. The summed E-state index contributed by atoms with van der Waals surface area (Å²) < 4.78 is 0. The second kappa shape index (κ2) is 25.6. The Bertz CT molecular complexity index is 435. The van der Waals surface area contributed by atoms with Crippen LogP contribution in [0.1, 0.15) is 167 Å². The van der Waals surface area contributed by atoms with E-state index in [0.717, 1.165) is 44.9 Å². The van der Waals surface area contributed by atoms with E-state index in [1.54, 1.807) is 0 Å². The molecule has 0 aromatic carbocycles. The molecule has 4 heteroatoms. The van der Waals surface area contributed by atoms with Crippen LogP contribution in [0.4, 0.5) is 0 Å². The highest BCUT2D eigenvalue weighted by atomic mass is 16.4. The van der Waals surface area contributed by atoms with Gasteiger partial charge in [0.1, 0.15) is 0 Å². The fourth-order valence-electron chi connectivity index (χ4n) is 4.70. The van der Waals surface area contributed by atoms with Crippen molar-refractivity contribution < 1.29 is 19.8 Å². The molecule has 4 nitrogen and oxygen atoms in total. The lowest BCUT2D eigenvalue weighted by Gasteiger charge is -2.12. The zero-order chi connectivity index (χ0) is 24.4. The number of aliphatic carboxylic acids is 2. The van der Waals surface area contributed by atoms with E-state index in [1.807, 2.05) is 0 Å². The molecule has 2 N–H and O–H groups in total. The summed E-state index contributed by atoms with van der Waals surface area (Å²) >= 11 is 0. The number of carboxylic acids is 2. The number of hydrogen-bond donors (Lipinski definition) is 2. The van der Waals surface area contributed by atoms with E-state index in [1.165, 1.54) is 109 Å². The van der Waals surface area contributed by atoms with Crippen LogP contribution in [0.5, 0.6) is 0 Å². The Balaban J connectivity index is 3.42. The van der Waals surface area contributed by atoms with Gasteiger partial charge in [0.15, 0.2) is 0 Å². The minimum Gasteiger partial charge on any atom is -0.481 e. The Morgan fingerprint density at radius 2 is 0.788 bits per heavy atom. The second-order valence-corrected chi connectivity index (χ2v) is 10.2. The van der Waals surface area contributed by atoms with Gasteiger partial charge in [-0.2, -0.15) is 0 Å². The van der Waals surface area contributed by atoms with E-state index in [2.05, 4.69) is 6.92 Å². The number of rotatable bonds is 27. The fourth-order valence-corrected chi connectivity index (χ4v) is 4.70. The SMILES string of the molecule is CCCCCCCCCCCCC(CCCCCCCCCCCCCCC(=O)O)C(=O)O. The maximum absolute atomic E-state index is 11.5. The molecule has 0 aromatic rings. The van der Waals surface area contributed by atoms with Crippen molar-refractivity contribution in [2.75, 3.05) is 0 Å². The molecule has 0 amide bonds. The number of carbonyl (C=O) groups is 2. The third-order valence-electron chi connectivity index (χ3n) is 6.95. The summed E-state index contributed by atoms with van der Waals surface area (Å²) in [7, 11) is 0. The van der Waals surface area contributed by atoms with Crippen molar-refractivity contribution >= 4 is 11.9 Å². The first-order valence-corrected chi connectivity index (χ1v) is 14.5. The molecule has 0 saturated heterocycles. The number of carboxylic acid groups (broad SMARTS) is 2. The van der Waals surface area contributed by atoms with E-state index in [-0.39, 0.29) is 5.92 Å². The topological polar surface area (TPSA) is 74.6 Å². The molecule has 1 unspecified atom stereocenters. The summed E-state index contributed by atoms with van der Waals surface area (Å²) in [6.07, 6.45) is 29.2. The Labute approximate surface area is 205 Å². The predicted octanol–water partition coefficient (Wildman–Crippen LogP) is 9.54. The normalized spacial score (nSPS) is 12.2. The zero-order valence-electron chi connectivity index (χ0n) is 22.0. The Morgan fingerprint density at radius 3 is 1.09 bits per heavy atom. The Morgan fingerprint density at radius 1 is 0.485 bits per heavy atom. The van der Waals surface area contributed by atoms with Crippen LogP contribution in [-0.4, -0.2) is 22.2 Å². The molecule has 0 radical (unpaired) electrons. The van der Waals surface area contributed by atoms with Crippen LogP contribution in [0.3, 0.4) is 0 Å². The van der Waals surface area contributed by atoms with Crippen molar-refractivity contribution in [3.05, 3.63) is 0 Å². The van der Waals surface area contributed by atoms with Gasteiger partial charge in [0, 0.05) is 6.42 Å². The molecule has 0 rings (SSSR count). The molecule has 0 bridgehead atoms. The first-order chi connectivity index (χ1) is 16.1. The third-order valence-corrected chi connectivity index (χ3v) is 6.95. The van der Waals surface area contributed by atoms with Crippen molar-refractivity contribution in [3.63, 3.8) is 0 Å². The van der Waals surface area contributed by atoms with Gasteiger partial charge in [0.05, 0.1) is 5.92 Å². The molecule has 196 valence electrons. The van der Waals surface area contributed by atoms with Gasteiger partial charge in [-0.1, -0.05) is 142 Å². The van der Waals surface area contributed by atoms with E-state index >= 15 is 0 Å². The largest absolute Gasteiger partial charge is 0.481 e. The monoisotopic (exact) mass is 468 g/mol. The van der Waals surface area contributed by atoms with Crippen molar-refractivity contribution in [2.24, 2.45) is 5.92 Å². The van der Waals surface area contributed by atoms with Gasteiger partial charge in [-0.15, -0.1) is 0 Å². The first-order valence-electron chi connectivity index (χ1n) is 14.5. The molecular formula is C29H56O4. The maximum Gasteiger partial charge on any atom is 0.306 e. The molecule has 0 aromatic heterocycles. The molecule has 33 heavy (non-hydrogen) atoms. The van der Waals surface area contributed by atoms with Crippen LogP contribution in [-0.2, 0) is 9.59 Å². The average Bonchev–Trinajstić information content (AvgIpc) is 2.78. The highest BCUT2D eigenvalue weighted by Gasteiger charge is 2.16. The lowest BCUT2D eigenvalue weighted by Crippen LogP contribution is -2.13. The van der Waals surface area contributed by atoms with Gasteiger partial charge in [0.25, 0.3) is 0 Å². The van der Waals surface area contributed by atoms with E-state index in [9.17, 15) is 14.7 Å². The number of hydrogen-bond acceptors (Lipinski definition) is 2. The molecular weight excluding hydrogens is 412 g/mol. The fraction of sp³-hybridized carbons (Fsp3) is 0.931. The molecule has 0 aliphatic heterocycles. The van der Waals surface area contributed by atoms with Gasteiger partial charge in [-0.3, -0.25) is 9.59 Å². The van der Waals surface area contributed by atoms with Gasteiger partial charge in [-0.05, 0) is 19.3 Å². The molecule has 0 heterocycles. The molecule has 0 aliphatic carbocycles. The average molecular weight is 469 g/mol. The lowest BCUT2D eigenvalue weighted by atomic mass is 9.94. The van der Waals surface area contributed by atoms with Crippen molar-refractivity contribution in [1.29, 1.82) is 0 Å². The summed E-state index contributed by atoms with van der Waals surface area (Å²) in [5.74, 6) is -1.40. The summed E-state index contributed by atoms with van der Waals surface area (Å²) in [5, 5.41) is 18.1. The standard InChI is InChI=1S/C29H56O4/c1-2-3-4-5-6-7-12-15-18-21-24-27(29(32)33)25-22-19-16-13-10-8-9-11-14-17-20-23-26-28(30)31/h27H,2-26H2,1H3,(H,30,31)(H,32,33). The minimum absolute atomic E-state index is 0.130. The van der Waals surface area contributed by atoms with Gasteiger partial charge in [0.2, 0.25) is 0 Å². The highest BCUT2D eigenvalue weighted by molar-refractivity contribution is 5.69. The summed E-state index contributed by atoms with van der Waals surface area (Å²) in [6, 6.07) is 0. The van der Waals surface area contributed by atoms with E-state index in [0.29, 0.717) is 6.42 Å². The first kappa shape index (κ1) is 31.9. The highest BCUT2D eigenvalue weighted by Crippen LogP contribution is 2.20. The third kappa shape index (κ3) is 25.4. The van der Waals surface area contributed by atoms with Crippen LogP contribution in [0.15, 0.2) is 0 Å². The smallest absolute Gasteiger partial charge is 0.306 e. The van der Waals surface area contributed by atoms with E-state index in [4.69, 9.17) is 5.11 Å². The summed E-state index contributed by atoms with van der Waals surface area (Å²) in [5.41, 5.74) is 0. The van der Waals surface area contributed by atoms with Crippen LogP contribution in [0.25, 0.3) is 0 Å². The second-order valence-electron chi connectivity index (χ2n) is 10.2. The summed E-state index contributed by atoms with van der Waals surface area (Å²) in [4.78, 5) is 22.0.